The van der Waals surface area contributed by atoms with E-state index in [1.807, 2.05) is 43.3 Å². The van der Waals surface area contributed by atoms with Crippen molar-refractivity contribution in [1.29, 1.82) is 5.26 Å². The average Bonchev–Trinajstić information content (AvgIpc) is 2.47. The molecule has 0 spiro atoms. The quantitative estimate of drug-likeness (QED) is 0.921. The van der Waals surface area contributed by atoms with Crippen molar-refractivity contribution in [3.05, 3.63) is 57.9 Å². The van der Waals surface area contributed by atoms with Crippen molar-refractivity contribution in [3.63, 3.8) is 0 Å². The summed E-state index contributed by atoms with van der Waals surface area (Å²) in [5, 5.41) is 8.98. The molecular weight excluding hydrogens is 250 g/mol. The fraction of sp³-hybridized carbons (Fsp3) is 0.250. The molecule has 0 amide bonds. The van der Waals surface area contributed by atoms with E-state index in [4.69, 9.17) is 11.0 Å². The van der Waals surface area contributed by atoms with Crippen molar-refractivity contribution >= 4 is 0 Å². The van der Waals surface area contributed by atoms with E-state index in [0.717, 1.165) is 11.3 Å². The van der Waals surface area contributed by atoms with Crippen LogP contribution < -0.4 is 11.3 Å². The Hall–Kier alpha value is -2.38. The smallest absolute Gasteiger partial charge is 0.268 e. The minimum absolute atomic E-state index is 0.165. The molecule has 0 aliphatic rings. The number of nitrogens with zero attached hydrogens (tertiary/aromatic N) is 2. The number of pyridine rings is 1. The molecule has 0 saturated heterocycles. The van der Waals surface area contributed by atoms with Crippen molar-refractivity contribution in [2.24, 2.45) is 5.73 Å². The molecule has 0 atom stereocenters. The van der Waals surface area contributed by atoms with E-state index in [9.17, 15) is 4.79 Å². The summed E-state index contributed by atoms with van der Waals surface area (Å²) in [7, 11) is 0. The van der Waals surface area contributed by atoms with Crippen LogP contribution in [0.5, 0.6) is 0 Å². The van der Waals surface area contributed by atoms with Crippen LogP contribution in [0.2, 0.25) is 0 Å². The van der Waals surface area contributed by atoms with Crippen molar-refractivity contribution in [3.8, 4) is 17.3 Å². The first-order valence-corrected chi connectivity index (χ1v) is 6.58. The van der Waals surface area contributed by atoms with Crippen molar-refractivity contribution in [2.45, 2.75) is 19.9 Å². The van der Waals surface area contributed by atoms with Crippen LogP contribution in [0.3, 0.4) is 0 Å². The molecule has 0 fully saturated rings. The van der Waals surface area contributed by atoms with Gasteiger partial charge in [0.2, 0.25) is 0 Å². The fourth-order valence-electron chi connectivity index (χ4n) is 2.11. The Labute approximate surface area is 118 Å². The molecular formula is C16H17N3O. The van der Waals surface area contributed by atoms with E-state index >= 15 is 0 Å². The zero-order valence-corrected chi connectivity index (χ0v) is 11.5. The second kappa shape index (κ2) is 6.18. The molecule has 0 unspecified atom stereocenters. The van der Waals surface area contributed by atoms with Gasteiger partial charge in [-0.1, -0.05) is 29.8 Å². The van der Waals surface area contributed by atoms with Crippen LogP contribution in [-0.4, -0.2) is 11.1 Å². The number of aromatic nitrogens is 1. The first-order chi connectivity index (χ1) is 9.67. The second-order valence-corrected chi connectivity index (χ2v) is 4.71. The monoisotopic (exact) mass is 267 g/mol. The molecule has 0 bridgehead atoms. The number of hydrogen-bond acceptors (Lipinski definition) is 3. The summed E-state index contributed by atoms with van der Waals surface area (Å²) in [4.78, 5) is 12.3. The van der Waals surface area contributed by atoms with Crippen LogP contribution in [0.4, 0.5) is 0 Å². The van der Waals surface area contributed by atoms with Crippen molar-refractivity contribution < 1.29 is 0 Å². The first-order valence-electron chi connectivity index (χ1n) is 6.58. The number of hydrogen-bond donors (Lipinski definition) is 1. The van der Waals surface area contributed by atoms with Gasteiger partial charge in [-0.05, 0) is 37.6 Å². The van der Waals surface area contributed by atoms with Gasteiger partial charge in [0, 0.05) is 6.54 Å². The number of benzene rings is 1. The van der Waals surface area contributed by atoms with E-state index in [-0.39, 0.29) is 11.1 Å². The van der Waals surface area contributed by atoms with E-state index in [2.05, 4.69) is 0 Å². The molecule has 2 aromatic rings. The number of rotatable bonds is 4. The van der Waals surface area contributed by atoms with E-state index in [0.29, 0.717) is 19.5 Å². The highest BCUT2D eigenvalue weighted by Gasteiger charge is 2.09. The highest BCUT2D eigenvalue weighted by molar-refractivity contribution is 5.60. The average molecular weight is 267 g/mol. The molecule has 1 aromatic heterocycles. The highest BCUT2D eigenvalue weighted by atomic mass is 16.1. The molecule has 2 rings (SSSR count). The third-order valence-corrected chi connectivity index (χ3v) is 3.23. The van der Waals surface area contributed by atoms with Gasteiger partial charge in [0.15, 0.2) is 0 Å². The lowest BCUT2D eigenvalue weighted by molar-refractivity contribution is 0.634. The van der Waals surface area contributed by atoms with Gasteiger partial charge in [-0.25, -0.2) is 0 Å². The molecule has 1 heterocycles. The van der Waals surface area contributed by atoms with Crippen LogP contribution in [0, 0.1) is 18.3 Å². The lowest BCUT2D eigenvalue weighted by Crippen LogP contribution is -2.25. The maximum atomic E-state index is 12.3. The van der Waals surface area contributed by atoms with E-state index in [1.54, 1.807) is 10.6 Å². The number of aryl methyl sites for hydroxylation is 1. The third kappa shape index (κ3) is 2.79. The minimum atomic E-state index is -0.251. The summed E-state index contributed by atoms with van der Waals surface area (Å²) in [5.41, 5.74) is 8.39. The summed E-state index contributed by atoms with van der Waals surface area (Å²) in [6.07, 6.45) is 0.702. The highest BCUT2D eigenvalue weighted by Crippen LogP contribution is 2.19. The molecule has 102 valence electrons. The van der Waals surface area contributed by atoms with Crippen LogP contribution in [-0.2, 0) is 6.54 Å². The SMILES string of the molecule is Cc1ccc(-c2ccc(C#N)c(=O)n2CCCN)cc1. The van der Waals surface area contributed by atoms with Gasteiger partial charge < -0.3 is 10.3 Å². The zero-order valence-electron chi connectivity index (χ0n) is 11.5. The Morgan fingerprint density at radius 2 is 1.90 bits per heavy atom. The van der Waals surface area contributed by atoms with Gasteiger partial charge >= 0.3 is 0 Å². The molecule has 1 aromatic carbocycles. The molecule has 4 nitrogen and oxygen atoms in total. The summed E-state index contributed by atoms with van der Waals surface area (Å²) < 4.78 is 1.64. The molecule has 20 heavy (non-hydrogen) atoms. The summed E-state index contributed by atoms with van der Waals surface area (Å²) in [6.45, 7) is 3.05. The standard InChI is InChI=1S/C16H17N3O/c1-12-3-5-13(6-4-12)15-8-7-14(11-18)16(20)19(15)10-2-9-17/h3-8H,2,9-10,17H2,1H3. The Bertz CT molecular complexity index is 693. The summed E-state index contributed by atoms with van der Waals surface area (Å²) >= 11 is 0. The maximum absolute atomic E-state index is 12.3. The predicted octanol–water partition coefficient (Wildman–Crippen LogP) is 2.04. The molecule has 4 heteroatoms. The number of nitriles is 1. The van der Waals surface area contributed by atoms with Crippen LogP contribution >= 0.6 is 0 Å². The van der Waals surface area contributed by atoms with Gasteiger partial charge in [-0.2, -0.15) is 5.26 Å². The third-order valence-electron chi connectivity index (χ3n) is 3.23. The number of nitrogens with two attached hydrogens (primary N) is 1. The maximum Gasteiger partial charge on any atom is 0.268 e. The molecule has 0 aliphatic heterocycles. The summed E-state index contributed by atoms with van der Waals surface area (Å²) in [6, 6.07) is 13.3. The van der Waals surface area contributed by atoms with E-state index < -0.39 is 0 Å². The van der Waals surface area contributed by atoms with Crippen LogP contribution in [0.25, 0.3) is 11.3 Å². The Balaban J connectivity index is 2.57. The molecule has 0 aliphatic carbocycles. The molecule has 2 N–H and O–H groups in total. The van der Waals surface area contributed by atoms with Crippen LogP contribution in [0.15, 0.2) is 41.2 Å². The van der Waals surface area contributed by atoms with Gasteiger partial charge in [-0.3, -0.25) is 4.79 Å². The first kappa shape index (κ1) is 14.0. The Morgan fingerprint density at radius 3 is 2.50 bits per heavy atom. The van der Waals surface area contributed by atoms with E-state index in [1.165, 1.54) is 5.56 Å². The van der Waals surface area contributed by atoms with Crippen LogP contribution in [0.1, 0.15) is 17.5 Å². The van der Waals surface area contributed by atoms with Gasteiger partial charge in [0.1, 0.15) is 11.6 Å². The summed E-state index contributed by atoms with van der Waals surface area (Å²) in [5.74, 6) is 0. The second-order valence-electron chi connectivity index (χ2n) is 4.71. The van der Waals surface area contributed by atoms with Gasteiger partial charge in [0.25, 0.3) is 5.56 Å². The topological polar surface area (TPSA) is 71.8 Å². The van der Waals surface area contributed by atoms with Gasteiger partial charge in [-0.15, -0.1) is 0 Å². The van der Waals surface area contributed by atoms with Crippen molar-refractivity contribution in [1.82, 2.24) is 4.57 Å². The minimum Gasteiger partial charge on any atom is -0.330 e. The normalized spacial score (nSPS) is 10.2. The fourth-order valence-corrected chi connectivity index (χ4v) is 2.11. The van der Waals surface area contributed by atoms with Gasteiger partial charge in [0.05, 0.1) is 5.69 Å². The van der Waals surface area contributed by atoms with Crippen molar-refractivity contribution in [2.75, 3.05) is 6.54 Å². The zero-order chi connectivity index (χ0) is 14.5. The lowest BCUT2D eigenvalue weighted by atomic mass is 10.1. The Morgan fingerprint density at radius 1 is 1.20 bits per heavy atom. The Kier molecular flexibility index (Phi) is 4.34. The molecule has 0 radical (unpaired) electrons. The molecule has 0 saturated carbocycles. The largest absolute Gasteiger partial charge is 0.330 e. The predicted molar refractivity (Wildman–Crippen MR) is 79.3 cm³/mol. The lowest BCUT2D eigenvalue weighted by Gasteiger charge is -2.13.